The van der Waals surface area contributed by atoms with Gasteiger partial charge in [0.15, 0.2) is 0 Å². The van der Waals surface area contributed by atoms with Gasteiger partial charge in [0.25, 0.3) is 0 Å². The van der Waals surface area contributed by atoms with Crippen LogP contribution in [0, 0.1) is 0 Å². The van der Waals surface area contributed by atoms with Gasteiger partial charge >= 0.3 is 0 Å². The van der Waals surface area contributed by atoms with Crippen molar-refractivity contribution in [2.45, 2.75) is 45.6 Å². The molecular weight excluding hydrogens is 236 g/mol. The number of rotatable bonds is 9. The molecule has 0 saturated carbocycles. The van der Waals surface area contributed by atoms with Crippen LogP contribution in [-0.2, 0) is 9.53 Å². The highest BCUT2D eigenvalue weighted by atomic mass is 32.1. The van der Waals surface area contributed by atoms with Crippen LogP contribution in [0.15, 0.2) is 0 Å². The fourth-order valence-corrected chi connectivity index (χ4v) is 1.52. The molecule has 0 saturated heterocycles. The first-order valence-corrected chi connectivity index (χ1v) is 6.52. The van der Waals surface area contributed by atoms with Crippen LogP contribution < -0.4 is 5.73 Å². The van der Waals surface area contributed by atoms with E-state index in [4.69, 9.17) is 22.7 Å². The van der Waals surface area contributed by atoms with Gasteiger partial charge in [-0.15, -0.1) is 0 Å². The van der Waals surface area contributed by atoms with E-state index in [1.54, 1.807) is 11.9 Å². The summed E-state index contributed by atoms with van der Waals surface area (Å²) in [7, 11) is 1.76. The average molecular weight is 260 g/mol. The maximum absolute atomic E-state index is 11.7. The third-order valence-corrected chi connectivity index (χ3v) is 2.74. The third kappa shape index (κ3) is 9.06. The molecule has 1 atom stereocenters. The normalized spacial score (nSPS) is 12.2. The van der Waals surface area contributed by atoms with E-state index in [2.05, 4.69) is 6.92 Å². The van der Waals surface area contributed by atoms with Crippen molar-refractivity contribution in [2.75, 3.05) is 20.2 Å². The van der Waals surface area contributed by atoms with Crippen LogP contribution in [0.25, 0.3) is 0 Å². The molecule has 0 fully saturated rings. The Morgan fingerprint density at radius 3 is 2.65 bits per heavy atom. The molecule has 100 valence electrons. The monoisotopic (exact) mass is 260 g/mol. The number of carbonyl (C=O) groups is 1. The van der Waals surface area contributed by atoms with E-state index in [0.29, 0.717) is 31.0 Å². The summed E-state index contributed by atoms with van der Waals surface area (Å²) >= 11 is 4.77. The predicted molar refractivity (Wildman–Crippen MR) is 74.0 cm³/mol. The molecule has 0 aliphatic rings. The SMILES string of the molecule is CCCC(C)OCCC(=O)N(C)CCC(N)=S. The Bertz CT molecular complexity index is 247. The zero-order valence-electron chi connectivity index (χ0n) is 11.1. The average Bonchev–Trinajstić information content (AvgIpc) is 2.25. The van der Waals surface area contributed by atoms with E-state index >= 15 is 0 Å². The largest absolute Gasteiger partial charge is 0.393 e. The first kappa shape index (κ1) is 16.3. The minimum Gasteiger partial charge on any atom is -0.393 e. The smallest absolute Gasteiger partial charge is 0.224 e. The molecule has 0 rings (SSSR count). The third-order valence-electron chi connectivity index (χ3n) is 2.53. The van der Waals surface area contributed by atoms with Crippen molar-refractivity contribution in [2.24, 2.45) is 5.73 Å². The number of amides is 1. The molecule has 0 radical (unpaired) electrons. The second kappa shape index (κ2) is 9.36. The molecule has 4 nitrogen and oxygen atoms in total. The highest BCUT2D eigenvalue weighted by Crippen LogP contribution is 2.02. The van der Waals surface area contributed by atoms with Crippen molar-refractivity contribution in [1.29, 1.82) is 0 Å². The van der Waals surface area contributed by atoms with Crippen LogP contribution in [-0.4, -0.2) is 42.1 Å². The summed E-state index contributed by atoms with van der Waals surface area (Å²) in [5, 5.41) is 0. The van der Waals surface area contributed by atoms with Crippen LogP contribution in [0.5, 0.6) is 0 Å². The van der Waals surface area contributed by atoms with E-state index in [1.807, 2.05) is 6.92 Å². The molecule has 17 heavy (non-hydrogen) atoms. The lowest BCUT2D eigenvalue weighted by Crippen LogP contribution is -2.31. The van der Waals surface area contributed by atoms with Gasteiger partial charge in [0, 0.05) is 20.0 Å². The van der Waals surface area contributed by atoms with E-state index < -0.39 is 0 Å². The summed E-state index contributed by atoms with van der Waals surface area (Å²) in [6.45, 7) is 5.22. The van der Waals surface area contributed by atoms with Gasteiger partial charge in [-0.3, -0.25) is 4.79 Å². The molecule has 1 unspecified atom stereocenters. The van der Waals surface area contributed by atoms with Crippen LogP contribution in [0.2, 0.25) is 0 Å². The lowest BCUT2D eigenvalue weighted by Gasteiger charge is -2.17. The van der Waals surface area contributed by atoms with E-state index in [1.165, 1.54) is 0 Å². The molecular formula is C12H24N2O2S. The minimum atomic E-state index is 0.0740. The molecule has 0 aliphatic carbocycles. The van der Waals surface area contributed by atoms with Gasteiger partial charge in [-0.1, -0.05) is 25.6 Å². The van der Waals surface area contributed by atoms with Crippen molar-refractivity contribution in [3.05, 3.63) is 0 Å². The zero-order chi connectivity index (χ0) is 13.3. The van der Waals surface area contributed by atoms with E-state index in [0.717, 1.165) is 12.8 Å². The molecule has 2 N–H and O–H groups in total. The number of nitrogens with zero attached hydrogens (tertiary/aromatic N) is 1. The van der Waals surface area contributed by atoms with Gasteiger partial charge in [-0.25, -0.2) is 0 Å². The summed E-state index contributed by atoms with van der Waals surface area (Å²) in [5.74, 6) is 0.0740. The highest BCUT2D eigenvalue weighted by molar-refractivity contribution is 7.80. The second-order valence-corrected chi connectivity index (χ2v) is 4.78. The fourth-order valence-electron chi connectivity index (χ4n) is 1.43. The van der Waals surface area contributed by atoms with E-state index in [-0.39, 0.29) is 12.0 Å². The Morgan fingerprint density at radius 2 is 2.12 bits per heavy atom. The number of carbonyl (C=O) groups excluding carboxylic acids is 1. The van der Waals surface area contributed by atoms with E-state index in [9.17, 15) is 4.79 Å². The van der Waals surface area contributed by atoms with Gasteiger partial charge in [-0.05, 0) is 13.3 Å². The van der Waals surface area contributed by atoms with Crippen LogP contribution >= 0.6 is 12.2 Å². The fraction of sp³-hybridized carbons (Fsp3) is 0.833. The Labute approximate surface area is 109 Å². The topological polar surface area (TPSA) is 55.6 Å². The Kier molecular flexibility index (Phi) is 8.99. The van der Waals surface area contributed by atoms with Crippen molar-refractivity contribution < 1.29 is 9.53 Å². The molecule has 0 aliphatic heterocycles. The maximum Gasteiger partial charge on any atom is 0.224 e. The first-order valence-electron chi connectivity index (χ1n) is 6.11. The lowest BCUT2D eigenvalue weighted by molar-refractivity contribution is -0.131. The first-order chi connectivity index (χ1) is 7.97. The molecule has 0 bridgehead atoms. The second-order valence-electron chi connectivity index (χ2n) is 4.25. The maximum atomic E-state index is 11.7. The molecule has 0 spiro atoms. The van der Waals surface area contributed by atoms with Crippen molar-refractivity contribution >= 4 is 23.1 Å². The van der Waals surface area contributed by atoms with Crippen LogP contribution in [0.4, 0.5) is 0 Å². The molecule has 0 aromatic heterocycles. The number of nitrogens with two attached hydrogens (primary N) is 1. The van der Waals surface area contributed by atoms with Gasteiger partial charge < -0.3 is 15.4 Å². The Morgan fingerprint density at radius 1 is 1.47 bits per heavy atom. The van der Waals surface area contributed by atoms with Gasteiger partial charge in [0.2, 0.25) is 5.91 Å². The predicted octanol–water partition coefficient (Wildman–Crippen LogP) is 1.72. The zero-order valence-corrected chi connectivity index (χ0v) is 11.9. The molecule has 5 heteroatoms. The molecule has 0 aromatic rings. The molecule has 0 aromatic carbocycles. The molecule has 0 heterocycles. The molecule has 1 amide bonds. The van der Waals surface area contributed by atoms with Gasteiger partial charge in [0.1, 0.15) is 0 Å². The Balaban J connectivity index is 3.67. The quantitative estimate of drug-likeness (QED) is 0.641. The van der Waals surface area contributed by atoms with Crippen molar-refractivity contribution in [1.82, 2.24) is 4.90 Å². The standard InChI is InChI=1S/C12H24N2O2S/c1-4-5-10(2)16-9-7-12(15)14(3)8-6-11(13)17/h10H,4-9H2,1-3H3,(H2,13,17). The summed E-state index contributed by atoms with van der Waals surface area (Å²) in [6.07, 6.45) is 3.36. The number of thiocarbonyl (C=S) groups is 1. The van der Waals surface area contributed by atoms with Gasteiger partial charge in [0.05, 0.1) is 24.1 Å². The Hall–Kier alpha value is -0.680. The number of ether oxygens (including phenoxy) is 1. The summed E-state index contributed by atoms with van der Waals surface area (Å²) in [4.78, 5) is 13.7. The minimum absolute atomic E-state index is 0.0740. The number of hydrogen-bond acceptors (Lipinski definition) is 3. The van der Waals surface area contributed by atoms with Crippen LogP contribution in [0.3, 0.4) is 0 Å². The highest BCUT2D eigenvalue weighted by Gasteiger charge is 2.09. The lowest BCUT2D eigenvalue weighted by atomic mass is 10.2. The number of hydrogen-bond donors (Lipinski definition) is 1. The van der Waals surface area contributed by atoms with Crippen molar-refractivity contribution in [3.8, 4) is 0 Å². The summed E-state index contributed by atoms with van der Waals surface area (Å²) in [6, 6.07) is 0. The van der Waals surface area contributed by atoms with Crippen LogP contribution in [0.1, 0.15) is 39.5 Å². The summed E-state index contributed by atoms with van der Waals surface area (Å²) in [5.41, 5.74) is 5.38. The van der Waals surface area contributed by atoms with Crippen molar-refractivity contribution in [3.63, 3.8) is 0 Å². The van der Waals surface area contributed by atoms with Gasteiger partial charge in [-0.2, -0.15) is 0 Å². The summed E-state index contributed by atoms with van der Waals surface area (Å²) < 4.78 is 5.53.